The summed E-state index contributed by atoms with van der Waals surface area (Å²) in [6, 6.07) is 5.43. The number of rotatable bonds is 4. The normalized spacial score (nSPS) is 17.9. The molecule has 2 rings (SSSR count). The molecule has 0 spiro atoms. The summed E-state index contributed by atoms with van der Waals surface area (Å²) in [7, 11) is 0. The van der Waals surface area contributed by atoms with Crippen LogP contribution < -0.4 is 10.6 Å². The van der Waals surface area contributed by atoms with E-state index in [0.717, 1.165) is 31.5 Å². The second-order valence-corrected chi connectivity index (χ2v) is 5.31. The van der Waals surface area contributed by atoms with Crippen LogP contribution in [0, 0.1) is 5.92 Å². The van der Waals surface area contributed by atoms with Gasteiger partial charge in [0.1, 0.15) is 0 Å². The highest BCUT2D eigenvalue weighted by atomic mass is 35.5. The van der Waals surface area contributed by atoms with E-state index in [1.807, 2.05) is 12.1 Å². The third-order valence-corrected chi connectivity index (χ3v) is 3.73. The van der Waals surface area contributed by atoms with Crippen LogP contribution in [0.5, 0.6) is 0 Å². The molecular formula is C13H17Cl3N2O. The minimum Gasteiger partial charge on any atom is -0.355 e. The summed E-state index contributed by atoms with van der Waals surface area (Å²) in [4.78, 5) is 11.8. The van der Waals surface area contributed by atoms with Gasteiger partial charge in [-0.3, -0.25) is 4.79 Å². The molecule has 0 bridgehead atoms. The number of carbonyl (C=O) groups is 1. The summed E-state index contributed by atoms with van der Waals surface area (Å²) in [5.41, 5.74) is 1.01. The molecule has 1 aromatic rings. The molecule has 1 aliphatic heterocycles. The van der Waals surface area contributed by atoms with E-state index >= 15 is 0 Å². The lowest BCUT2D eigenvalue weighted by Crippen LogP contribution is -2.33. The lowest BCUT2D eigenvalue weighted by molar-refractivity contribution is -0.124. The van der Waals surface area contributed by atoms with Gasteiger partial charge in [-0.1, -0.05) is 29.3 Å². The Morgan fingerprint density at radius 2 is 2.21 bits per heavy atom. The first kappa shape index (κ1) is 16.6. The predicted molar refractivity (Wildman–Crippen MR) is 81.4 cm³/mol. The third kappa shape index (κ3) is 4.84. The van der Waals surface area contributed by atoms with E-state index in [9.17, 15) is 4.79 Å². The molecule has 0 aromatic heterocycles. The average molecular weight is 324 g/mol. The van der Waals surface area contributed by atoms with E-state index in [4.69, 9.17) is 23.2 Å². The van der Waals surface area contributed by atoms with Crippen LogP contribution in [-0.2, 0) is 11.2 Å². The monoisotopic (exact) mass is 322 g/mol. The molecule has 1 fully saturated rings. The SMILES string of the molecule is Cl.O=C(NCCc1ccc(Cl)cc1Cl)C1CCNC1. The number of amides is 1. The summed E-state index contributed by atoms with van der Waals surface area (Å²) < 4.78 is 0. The zero-order valence-electron chi connectivity index (χ0n) is 10.4. The molecule has 19 heavy (non-hydrogen) atoms. The molecule has 6 heteroatoms. The van der Waals surface area contributed by atoms with Crippen molar-refractivity contribution in [2.45, 2.75) is 12.8 Å². The fraction of sp³-hybridized carbons (Fsp3) is 0.462. The Kier molecular flexibility index (Phi) is 6.94. The predicted octanol–water partition coefficient (Wildman–Crippen LogP) is 2.68. The molecule has 1 atom stereocenters. The molecular weight excluding hydrogens is 307 g/mol. The van der Waals surface area contributed by atoms with Crippen LogP contribution in [-0.4, -0.2) is 25.5 Å². The Balaban J connectivity index is 0.00000180. The lowest BCUT2D eigenvalue weighted by atomic mass is 10.1. The second-order valence-electron chi connectivity index (χ2n) is 4.47. The van der Waals surface area contributed by atoms with Crippen molar-refractivity contribution in [1.29, 1.82) is 0 Å². The van der Waals surface area contributed by atoms with E-state index in [0.29, 0.717) is 16.6 Å². The van der Waals surface area contributed by atoms with E-state index in [2.05, 4.69) is 10.6 Å². The van der Waals surface area contributed by atoms with Gasteiger partial charge in [0.05, 0.1) is 5.92 Å². The smallest absolute Gasteiger partial charge is 0.224 e. The highest BCUT2D eigenvalue weighted by Crippen LogP contribution is 2.21. The van der Waals surface area contributed by atoms with Gasteiger partial charge in [-0.2, -0.15) is 0 Å². The Hall–Kier alpha value is -0.480. The first-order valence-electron chi connectivity index (χ1n) is 6.09. The first-order chi connectivity index (χ1) is 8.66. The van der Waals surface area contributed by atoms with Crippen molar-refractivity contribution in [2.24, 2.45) is 5.92 Å². The van der Waals surface area contributed by atoms with Crippen LogP contribution in [0.3, 0.4) is 0 Å². The summed E-state index contributed by atoms with van der Waals surface area (Å²) >= 11 is 11.9. The summed E-state index contributed by atoms with van der Waals surface area (Å²) in [5, 5.41) is 7.41. The van der Waals surface area contributed by atoms with E-state index in [-0.39, 0.29) is 24.2 Å². The number of hydrogen-bond acceptors (Lipinski definition) is 2. The van der Waals surface area contributed by atoms with Crippen molar-refractivity contribution in [3.05, 3.63) is 33.8 Å². The Bertz CT molecular complexity index is 434. The zero-order valence-corrected chi connectivity index (χ0v) is 12.7. The first-order valence-corrected chi connectivity index (χ1v) is 6.85. The highest BCUT2D eigenvalue weighted by Gasteiger charge is 2.21. The molecule has 1 unspecified atom stereocenters. The number of hydrogen-bond donors (Lipinski definition) is 2. The van der Waals surface area contributed by atoms with Gasteiger partial charge < -0.3 is 10.6 Å². The summed E-state index contributed by atoms with van der Waals surface area (Å²) in [6.45, 7) is 2.32. The van der Waals surface area contributed by atoms with Gasteiger partial charge >= 0.3 is 0 Å². The van der Waals surface area contributed by atoms with Crippen molar-refractivity contribution in [1.82, 2.24) is 10.6 Å². The zero-order chi connectivity index (χ0) is 13.0. The Morgan fingerprint density at radius 3 is 2.84 bits per heavy atom. The van der Waals surface area contributed by atoms with Gasteiger partial charge in [0.25, 0.3) is 0 Å². The quantitative estimate of drug-likeness (QED) is 0.894. The number of nitrogens with one attached hydrogen (secondary N) is 2. The van der Waals surface area contributed by atoms with Crippen LogP contribution >= 0.6 is 35.6 Å². The van der Waals surface area contributed by atoms with E-state index in [1.165, 1.54) is 0 Å². The molecule has 0 radical (unpaired) electrons. The van der Waals surface area contributed by atoms with Gasteiger partial charge in [0.2, 0.25) is 5.91 Å². The van der Waals surface area contributed by atoms with Crippen LogP contribution in [0.15, 0.2) is 18.2 Å². The number of benzene rings is 1. The average Bonchev–Trinajstić information content (AvgIpc) is 2.85. The van der Waals surface area contributed by atoms with Gasteiger partial charge in [-0.25, -0.2) is 0 Å². The van der Waals surface area contributed by atoms with Gasteiger partial charge in [0, 0.05) is 23.1 Å². The molecule has 1 aliphatic rings. The van der Waals surface area contributed by atoms with Crippen molar-refractivity contribution in [3.63, 3.8) is 0 Å². The largest absolute Gasteiger partial charge is 0.355 e. The number of carbonyl (C=O) groups excluding carboxylic acids is 1. The van der Waals surface area contributed by atoms with Crippen LogP contribution in [0.4, 0.5) is 0 Å². The maximum atomic E-state index is 11.8. The fourth-order valence-corrected chi connectivity index (χ4v) is 2.57. The second kappa shape index (κ2) is 7.95. The van der Waals surface area contributed by atoms with Crippen LogP contribution in [0.25, 0.3) is 0 Å². The molecule has 0 saturated carbocycles. The summed E-state index contributed by atoms with van der Waals surface area (Å²) in [5.74, 6) is 0.246. The highest BCUT2D eigenvalue weighted by molar-refractivity contribution is 6.35. The van der Waals surface area contributed by atoms with Crippen molar-refractivity contribution in [2.75, 3.05) is 19.6 Å². The Labute approximate surface area is 129 Å². The van der Waals surface area contributed by atoms with Crippen LogP contribution in [0.2, 0.25) is 10.0 Å². The van der Waals surface area contributed by atoms with Crippen molar-refractivity contribution < 1.29 is 4.79 Å². The molecule has 3 nitrogen and oxygen atoms in total. The lowest BCUT2D eigenvalue weighted by Gasteiger charge is -2.10. The van der Waals surface area contributed by atoms with Gasteiger partial charge in [0.15, 0.2) is 0 Å². The molecule has 106 valence electrons. The minimum atomic E-state index is 0. The topological polar surface area (TPSA) is 41.1 Å². The van der Waals surface area contributed by atoms with Crippen molar-refractivity contribution in [3.8, 4) is 0 Å². The molecule has 1 aromatic carbocycles. The standard InChI is InChI=1S/C13H16Cl2N2O.ClH/c14-11-2-1-9(12(15)7-11)4-6-17-13(18)10-3-5-16-8-10;/h1-2,7,10,16H,3-6,8H2,(H,17,18);1H. The van der Waals surface area contributed by atoms with Crippen LogP contribution in [0.1, 0.15) is 12.0 Å². The summed E-state index contributed by atoms with van der Waals surface area (Å²) in [6.07, 6.45) is 1.65. The van der Waals surface area contributed by atoms with Gasteiger partial charge in [-0.15, -0.1) is 12.4 Å². The third-order valence-electron chi connectivity index (χ3n) is 3.14. The van der Waals surface area contributed by atoms with Crippen molar-refractivity contribution >= 4 is 41.5 Å². The molecule has 1 amide bonds. The van der Waals surface area contributed by atoms with E-state index in [1.54, 1.807) is 6.07 Å². The molecule has 0 aliphatic carbocycles. The van der Waals surface area contributed by atoms with Gasteiger partial charge in [-0.05, 0) is 37.1 Å². The Morgan fingerprint density at radius 1 is 1.42 bits per heavy atom. The number of halogens is 3. The maximum absolute atomic E-state index is 11.8. The maximum Gasteiger partial charge on any atom is 0.224 e. The fourth-order valence-electron chi connectivity index (χ4n) is 2.07. The molecule has 1 saturated heterocycles. The minimum absolute atomic E-state index is 0. The molecule has 1 heterocycles. The van der Waals surface area contributed by atoms with E-state index < -0.39 is 0 Å². The molecule has 2 N–H and O–H groups in total.